The maximum Gasteiger partial charge on any atom is 0.387 e. The number of amides is 2. The minimum Gasteiger partial charge on any atom is -0.434 e. The summed E-state index contributed by atoms with van der Waals surface area (Å²) in [6.45, 7) is -0.969. The Kier molecular flexibility index (Phi) is 7.66. The molecule has 164 valence electrons. The molecular formula is C22H22F3N3O3. The standard InChI is InChI=1S/C22H22F3N3O3/c23-17-5-3-6-18(14-17)26-20(29)15-27-10-12-28(13-11-27)21(30)9-8-16-4-1-2-7-19(16)31-22(24)25/h1-9,14,22H,10-13,15H2,(H,26,29)/b9-8+. The summed E-state index contributed by atoms with van der Waals surface area (Å²) >= 11 is 0. The number of anilines is 1. The molecule has 1 aliphatic rings. The van der Waals surface area contributed by atoms with E-state index in [1.54, 1.807) is 29.2 Å². The summed E-state index contributed by atoms with van der Waals surface area (Å²) in [7, 11) is 0. The fourth-order valence-electron chi connectivity index (χ4n) is 3.18. The van der Waals surface area contributed by atoms with Gasteiger partial charge < -0.3 is 15.0 Å². The van der Waals surface area contributed by atoms with Crippen molar-refractivity contribution >= 4 is 23.6 Å². The Hall–Kier alpha value is -3.33. The minimum absolute atomic E-state index is 0.00400. The van der Waals surface area contributed by atoms with Crippen molar-refractivity contribution in [2.75, 3.05) is 38.0 Å². The molecule has 6 nitrogen and oxygen atoms in total. The number of carbonyl (C=O) groups excluding carboxylic acids is 2. The smallest absolute Gasteiger partial charge is 0.387 e. The zero-order chi connectivity index (χ0) is 22.2. The zero-order valence-corrected chi connectivity index (χ0v) is 16.6. The van der Waals surface area contributed by atoms with Crippen LogP contribution < -0.4 is 10.1 Å². The Bertz CT molecular complexity index is 944. The van der Waals surface area contributed by atoms with Gasteiger partial charge in [0.15, 0.2) is 0 Å². The number of rotatable bonds is 7. The van der Waals surface area contributed by atoms with E-state index in [-0.39, 0.29) is 24.1 Å². The molecule has 2 aromatic carbocycles. The lowest BCUT2D eigenvalue weighted by atomic mass is 10.2. The summed E-state index contributed by atoms with van der Waals surface area (Å²) in [6, 6.07) is 11.9. The molecular weight excluding hydrogens is 411 g/mol. The summed E-state index contributed by atoms with van der Waals surface area (Å²) in [5.74, 6) is -0.950. The third-order valence-corrected chi connectivity index (χ3v) is 4.70. The molecule has 0 atom stereocenters. The van der Waals surface area contributed by atoms with Crippen LogP contribution in [0.15, 0.2) is 54.6 Å². The number of nitrogens with zero attached hydrogens (tertiary/aromatic N) is 2. The number of halogens is 3. The average molecular weight is 433 g/mol. The molecule has 1 saturated heterocycles. The molecule has 0 spiro atoms. The average Bonchev–Trinajstić information content (AvgIpc) is 2.73. The van der Waals surface area contributed by atoms with Crippen LogP contribution in [0, 0.1) is 5.82 Å². The quantitative estimate of drug-likeness (QED) is 0.682. The van der Waals surface area contributed by atoms with Crippen LogP contribution in [0.2, 0.25) is 0 Å². The van der Waals surface area contributed by atoms with Crippen molar-refractivity contribution in [1.82, 2.24) is 9.80 Å². The summed E-state index contributed by atoms with van der Waals surface area (Å²) in [5, 5.41) is 2.64. The molecule has 1 aliphatic heterocycles. The third-order valence-electron chi connectivity index (χ3n) is 4.70. The maximum absolute atomic E-state index is 13.2. The van der Waals surface area contributed by atoms with Crippen LogP contribution >= 0.6 is 0 Å². The number of piperazine rings is 1. The maximum atomic E-state index is 13.2. The molecule has 0 aromatic heterocycles. The summed E-state index contributed by atoms with van der Waals surface area (Å²) in [5.41, 5.74) is 0.767. The molecule has 31 heavy (non-hydrogen) atoms. The Morgan fingerprint density at radius 3 is 2.52 bits per heavy atom. The lowest BCUT2D eigenvalue weighted by Crippen LogP contribution is -2.50. The monoisotopic (exact) mass is 433 g/mol. The van der Waals surface area contributed by atoms with E-state index in [9.17, 15) is 22.8 Å². The van der Waals surface area contributed by atoms with Gasteiger partial charge in [-0.05, 0) is 30.3 Å². The van der Waals surface area contributed by atoms with Gasteiger partial charge in [-0.2, -0.15) is 8.78 Å². The second-order valence-electron chi connectivity index (χ2n) is 6.91. The van der Waals surface area contributed by atoms with Gasteiger partial charge in [0.25, 0.3) is 0 Å². The van der Waals surface area contributed by atoms with Crippen LogP contribution in [0.4, 0.5) is 18.9 Å². The number of carbonyl (C=O) groups is 2. The second-order valence-corrected chi connectivity index (χ2v) is 6.91. The molecule has 0 unspecified atom stereocenters. The number of alkyl halides is 2. The van der Waals surface area contributed by atoms with E-state index in [1.165, 1.54) is 36.4 Å². The first-order valence-electron chi connectivity index (χ1n) is 9.69. The molecule has 0 aliphatic carbocycles. The highest BCUT2D eigenvalue weighted by atomic mass is 19.3. The van der Waals surface area contributed by atoms with Crippen molar-refractivity contribution in [1.29, 1.82) is 0 Å². The van der Waals surface area contributed by atoms with E-state index >= 15 is 0 Å². The van der Waals surface area contributed by atoms with Crippen molar-refractivity contribution in [3.8, 4) is 5.75 Å². The van der Waals surface area contributed by atoms with Gasteiger partial charge >= 0.3 is 6.61 Å². The molecule has 1 fully saturated rings. The first kappa shape index (κ1) is 22.4. The van der Waals surface area contributed by atoms with Crippen molar-refractivity contribution in [2.45, 2.75) is 6.61 Å². The molecule has 2 aromatic rings. The molecule has 1 heterocycles. The molecule has 1 N–H and O–H groups in total. The Labute approximate surface area is 177 Å². The van der Waals surface area contributed by atoms with Crippen molar-refractivity contribution in [3.63, 3.8) is 0 Å². The van der Waals surface area contributed by atoms with E-state index in [0.717, 1.165) is 0 Å². The van der Waals surface area contributed by atoms with Gasteiger partial charge in [0, 0.05) is 43.5 Å². The van der Waals surface area contributed by atoms with E-state index in [2.05, 4.69) is 10.1 Å². The Balaban J connectivity index is 1.47. The predicted octanol–water partition coefficient (Wildman–Crippen LogP) is 3.22. The largest absolute Gasteiger partial charge is 0.434 e. The second kappa shape index (κ2) is 10.6. The van der Waals surface area contributed by atoms with Gasteiger partial charge in [0.2, 0.25) is 11.8 Å². The minimum atomic E-state index is -2.95. The van der Waals surface area contributed by atoms with Crippen molar-refractivity contribution < 1.29 is 27.5 Å². The van der Waals surface area contributed by atoms with Crippen LogP contribution in [0.3, 0.4) is 0 Å². The first-order chi connectivity index (χ1) is 14.9. The van der Waals surface area contributed by atoms with Crippen LogP contribution in [-0.4, -0.2) is 60.9 Å². The summed E-state index contributed by atoms with van der Waals surface area (Å²) in [6.07, 6.45) is 2.76. The molecule has 0 saturated carbocycles. The van der Waals surface area contributed by atoms with Gasteiger partial charge in [-0.15, -0.1) is 0 Å². The Morgan fingerprint density at radius 2 is 1.81 bits per heavy atom. The number of para-hydroxylation sites is 1. The van der Waals surface area contributed by atoms with Crippen LogP contribution in [0.25, 0.3) is 6.08 Å². The predicted molar refractivity (Wildman–Crippen MR) is 110 cm³/mol. The summed E-state index contributed by atoms with van der Waals surface area (Å²) in [4.78, 5) is 28.1. The van der Waals surface area contributed by atoms with Crippen molar-refractivity contribution in [3.05, 3.63) is 66.0 Å². The lowest BCUT2D eigenvalue weighted by molar-refractivity contribution is -0.127. The Morgan fingerprint density at radius 1 is 1.06 bits per heavy atom. The fourth-order valence-corrected chi connectivity index (χ4v) is 3.18. The number of benzene rings is 2. The highest BCUT2D eigenvalue weighted by Gasteiger charge is 2.21. The van der Waals surface area contributed by atoms with E-state index in [1.807, 2.05) is 4.90 Å². The molecule has 2 amide bonds. The molecule has 0 bridgehead atoms. The highest BCUT2D eigenvalue weighted by Crippen LogP contribution is 2.21. The first-order valence-corrected chi connectivity index (χ1v) is 9.69. The number of nitrogens with one attached hydrogen (secondary N) is 1. The van der Waals surface area contributed by atoms with Crippen LogP contribution in [0.1, 0.15) is 5.56 Å². The number of hydrogen-bond acceptors (Lipinski definition) is 4. The van der Waals surface area contributed by atoms with E-state index in [0.29, 0.717) is 37.4 Å². The summed E-state index contributed by atoms with van der Waals surface area (Å²) < 4.78 is 42.6. The topological polar surface area (TPSA) is 61.9 Å². The molecule has 3 rings (SSSR count). The van der Waals surface area contributed by atoms with E-state index < -0.39 is 12.4 Å². The lowest BCUT2D eigenvalue weighted by Gasteiger charge is -2.33. The van der Waals surface area contributed by atoms with Crippen LogP contribution in [0.5, 0.6) is 5.75 Å². The van der Waals surface area contributed by atoms with E-state index in [4.69, 9.17) is 0 Å². The van der Waals surface area contributed by atoms with Gasteiger partial charge in [-0.3, -0.25) is 14.5 Å². The van der Waals surface area contributed by atoms with Crippen molar-refractivity contribution in [2.24, 2.45) is 0 Å². The van der Waals surface area contributed by atoms with Gasteiger partial charge in [-0.1, -0.05) is 24.3 Å². The third kappa shape index (κ3) is 6.85. The normalized spacial score (nSPS) is 14.8. The number of hydrogen-bond donors (Lipinski definition) is 1. The van der Waals surface area contributed by atoms with Gasteiger partial charge in [-0.25, -0.2) is 4.39 Å². The number of ether oxygens (including phenoxy) is 1. The SMILES string of the molecule is O=C(CN1CCN(C(=O)/C=C/c2ccccc2OC(F)F)CC1)Nc1cccc(F)c1. The highest BCUT2D eigenvalue weighted by molar-refractivity contribution is 5.93. The fraction of sp³-hybridized carbons (Fsp3) is 0.273. The van der Waals surface area contributed by atoms with Crippen LogP contribution in [-0.2, 0) is 9.59 Å². The van der Waals surface area contributed by atoms with Gasteiger partial charge in [0.05, 0.1) is 6.54 Å². The van der Waals surface area contributed by atoms with Gasteiger partial charge in [0.1, 0.15) is 11.6 Å². The molecule has 0 radical (unpaired) electrons. The molecule has 9 heteroatoms. The zero-order valence-electron chi connectivity index (χ0n) is 16.6.